The summed E-state index contributed by atoms with van der Waals surface area (Å²) in [5.41, 5.74) is 0. The Bertz CT molecular complexity index is 193. The van der Waals surface area contributed by atoms with Crippen molar-refractivity contribution in [3.05, 3.63) is 0 Å². The molecule has 0 aromatic heterocycles. The highest BCUT2D eigenvalue weighted by molar-refractivity contribution is 7.80. The number of rotatable bonds is 2. The molecule has 0 bridgehead atoms. The van der Waals surface area contributed by atoms with Crippen molar-refractivity contribution in [2.24, 2.45) is 11.8 Å². The van der Waals surface area contributed by atoms with Crippen molar-refractivity contribution in [1.82, 2.24) is 10.6 Å². The fourth-order valence-corrected chi connectivity index (χ4v) is 2.85. The van der Waals surface area contributed by atoms with E-state index in [0.29, 0.717) is 6.04 Å². The van der Waals surface area contributed by atoms with E-state index in [1.165, 1.54) is 25.7 Å². The zero-order valence-corrected chi connectivity index (χ0v) is 8.99. The third-order valence-corrected chi connectivity index (χ3v) is 3.55. The van der Waals surface area contributed by atoms with E-state index in [1.54, 1.807) is 0 Å². The second-order valence-electron chi connectivity index (χ2n) is 4.14. The predicted octanol–water partition coefficient (Wildman–Crippen LogP) is 1.66. The molecule has 0 radical (unpaired) electrons. The Morgan fingerprint density at radius 1 is 1.31 bits per heavy atom. The molecule has 2 aliphatic carbocycles. The summed E-state index contributed by atoms with van der Waals surface area (Å²) >= 11 is 5.17. The molecule has 0 aliphatic heterocycles. The van der Waals surface area contributed by atoms with Gasteiger partial charge in [0.05, 0.1) is 0 Å². The van der Waals surface area contributed by atoms with Crippen LogP contribution in [-0.4, -0.2) is 17.7 Å². The van der Waals surface area contributed by atoms with Crippen molar-refractivity contribution in [1.29, 1.82) is 0 Å². The summed E-state index contributed by atoms with van der Waals surface area (Å²) in [6.45, 7) is 3.00. The lowest BCUT2D eigenvalue weighted by Crippen LogP contribution is -2.37. The van der Waals surface area contributed by atoms with E-state index >= 15 is 0 Å². The largest absolute Gasteiger partial charge is 0.363 e. The van der Waals surface area contributed by atoms with Crippen molar-refractivity contribution in [2.75, 3.05) is 6.54 Å². The molecule has 0 aromatic carbocycles. The molecule has 2 aliphatic rings. The second-order valence-corrected chi connectivity index (χ2v) is 4.55. The van der Waals surface area contributed by atoms with Crippen LogP contribution in [0, 0.1) is 11.8 Å². The third-order valence-electron chi connectivity index (χ3n) is 3.29. The Balaban J connectivity index is 1.75. The SMILES string of the molecule is CCNC(=S)NC1C2CCCCC21. The van der Waals surface area contributed by atoms with Crippen molar-refractivity contribution >= 4 is 17.3 Å². The van der Waals surface area contributed by atoms with Gasteiger partial charge in [-0.2, -0.15) is 0 Å². The van der Waals surface area contributed by atoms with Crippen LogP contribution in [0.15, 0.2) is 0 Å². The number of fused-ring (bicyclic) bond motifs is 1. The minimum atomic E-state index is 0.703. The normalized spacial score (nSPS) is 36.2. The van der Waals surface area contributed by atoms with Gasteiger partial charge >= 0.3 is 0 Å². The Morgan fingerprint density at radius 2 is 1.92 bits per heavy atom. The third kappa shape index (κ3) is 1.96. The molecule has 2 nitrogen and oxygen atoms in total. The summed E-state index contributed by atoms with van der Waals surface area (Å²) in [5.74, 6) is 1.87. The Hall–Kier alpha value is -0.310. The molecule has 2 rings (SSSR count). The average molecular weight is 198 g/mol. The molecule has 2 atom stereocenters. The van der Waals surface area contributed by atoms with E-state index in [4.69, 9.17) is 12.2 Å². The van der Waals surface area contributed by atoms with Crippen molar-refractivity contribution < 1.29 is 0 Å². The maximum absolute atomic E-state index is 5.17. The van der Waals surface area contributed by atoms with Crippen molar-refractivity contribution in [3.63, 3.8) is 0 Å². The maximum Gasteiger partial charge on any atom is 0.166 e. The van der Waals surface area contributed by atoms with Crippen LogP contribution in [0.2, 0.25) is 0 Å². The first-order chi connectivity index (χ1) is 6.33. The molecule has 2 fully saturated rings. The van der Waals surface area contributed by atoms with Gasteiger partial charge in [0.25, 0.3) is 0 Å². The average Bonchev–Trinajstić information content (AvgIpc) is 2.80. The molecular weight excluding hydrogens is 180 g/mol. The quantitative estimate of drug-likeness (QED) is 0.660. The van der Waals surface area contributed by atoms with E-state index in [-0.39, 0.29) is 0 Å². The van der Waals surface area contributed by atoms with Gasteiger partial charge in [-0.15, -0.1) is 0 Å². The van der Waals surface area contributed by atoms with Crippen LogP contribution in [0.5, 0.6) is 0 Å². The number of nitrogens with one attached hydrogen (secondary N) is 2. The summed E-state index contributed by atoms with van der Waals surface area (Å²) in [6.07, 6.45) is 5.68. The van der Waals surface area contributed by atoms with E-state index in [1.807, 2.05) is 0 Å². The molecule has 74 valence electrons. The summed E-state index contributed by atoms with van der Waals surface area (Å²) in [4.78, 5) is 0. The fourth-order valence-electron chi connectivity index (χ4n) is 2.57. The highest BCUT2D eigenvalue weighted by Gasteiger charge is 2.50. The van der Waals surface area contributed by atoms with Gasteiger partial charge in [0.15, 0.2) is 5.11 Å². The highest BCUT2D eigenvalue weighted by Crippen LogP contribution is 2.49. The van der Waals surface area contributed by atoms with Gasteiger partial charge in [-0.25, -0.2) is 0 Å². The molecule has 0 aromatic rings. The molecule has 0 saturated heterocycles. The van der Waals surface area contributed by atoms with Crippen LogP contribution in [-0.2, 0) is 0 Å². The van der Waals surface area contributed by atoms with Crippen LogP contribution in [0.25, 0.3) is 0 Å². The van der Waals surface area contributed by atoms with Gasteiger partial charge in [-0.1, -0.05) is 12.8 Å². The van der Waals surface area contributed by atoms with E-state index in [0.717, 1.165) is 23.5 Å². The Kier molecular flexibility index (Phi) is 2.72. The van der Waals surface area contributed by atoms with Gasteiger partial charge in [0.1, 0.15) is 0 Å². The first-order valence-electron chi connectivity index (χ1n) is 5.37. The van der Waals surface area contributed by atoms with Crippen LogP contribution in [0.3, 0.4) is 0 Å². The summed E-state index contributed by atoms with van der Waals surface area (Å²) in [5, 5.41) is 7.41. The monoisotopic (exact) mass is 198 g/mol. The van der Waals surface area contributed by atoms with Gasteiger partial charge in [-0.05, 0) is 43.8 Å². The smallest absolute Gasteiger partial charge is 0.166 e. The first-order valence-corrected chi connectivity index (χ1v) is 5.78. The maximum atomic E-state index is 5.17. The number of hydrogen-bond donors (Lipinski definition) is 2. The molecule has 0 heterocycles. The van der Waals surface area contributed by atoms with Gasteiger partial charge < -0.3 is 10.6 Å². The zero-order valence-electron chi connectivity index (χ0n) is 8.18. The van der Waals surface area contributed by atoms with Crippen molar-refractivity contribution in [2.45, 2.75) is 38.6 Å². The standard InChI is InChI=1S/C10H18N2S/c1-2-11-10(13)12-9-7-5-3-4-6-8(7)9/h7-9H,2-6H2,1H3,(H2,11,12,13). The topological polar surface area (TPSA) is 24.1 Å². The number of hydrogen-bond acceptors (Lipinski definition) is 1. The molecule has 2 unspecified atom stereocenters. The fraction of sp³-hybridized carbons (Fsp3) is 0.900. The van der Waals surface area contributed by atoms with Crippen LogP contribution in [0.1, 0.15) is 32.6 Å². The van der Waals surface area contributed by atoms with E-state index in [9.17, 15) is 0 Å². The molecule has 0 spiro atoms. The molecule has 13 heavy (non-hydrogen) atoms. The van der Waals surface area contributed by atoms with Gasteiger partial charge in [0.2, 0.25) is 0 Å². The number of thiocarbonyl (C=S) groups is 1. The van der Waals surface area contributed by atoms with Gasteiger partial charge in [0, 0.05) is 12.6 Å². The lowest BCUT2D eigenvalue weighted by atomic mass is 10.0. The van der Waals surface area contributed by atoms with Crippen molar-refractivity contribution in [3.8, 4) is 0 Å². The van der Waals surface area contributed by atoms with E-state index < -0.39 is 0 Å². The predicted molar refractivity (Wildman–Crippen MR) is 58.6 cm³/mol. The summed E-state index contributed by atoms with van der Waals surface area (Å²) < 4.78 is 0. The lowest BCUT2D eigenvalue weighted by molar-refractivity contribution is 0.480. The first kappa shape index (κ1) is 9.25. The molecule has 3 heteroatoms. The lowest BCUT2D eigenvalue weighted by Gasteiger charge is -2.07. The summed E-state index contributed by atoms with van der Waals surface area (Å²) in [6, 6.07) is 0.703. The van der Waals surface area contributed by atoms with Crippen LogP contribution in [0.4, 0.5) is 0 Å². The Morgan fingerprint density at radius 3 is 2.46 bits per heavy atom. The molecule has 2 saturated carbocycles. The highest BCUT2D eigenvalue weighted by atomic mass is 32.1. The minimum absolute atomic E-state index is 0.703. The van der Waals surface area contributed by atoms with Crippen LogP contribution < -0.4 is 10.6 Å². The van der Waals surface area contributed by atoms with Gasteiger partial charge in [-0.3, -0.25) is 0 Å². The molecule has 2 N–H and O–H groups in total. The zero-order chi connectivity index (χ0) is 9.26. The second kappa shape index (κ2) is 3.82. The van der Waals surface area contributed by atoms with E-state index in [2.05, 4.69) is 17.6 Å². The molecule has 0 amide bonds. The Labute approximate surface area is 85.5 Å². The summed E-state index contributed by atoms with van der Waals surface area (Å²) in [7, 11) is 0. The minimum Gasteiger partial charge on any atom is -0.363 e. The molecular formula is C10H18N2S. The van der Waals surface area contributed by atoms with Crippen LogP contribution >= 0.6 is 12.2 Å².